The minimum absolute atomic E-state index is 0.0656. The van der Waals surface area contributed by atoms with Crippen LogP contribution < -0.4 is 10.6 Å². The van der Waals surface area contributed by atoms with Gasteiger partial charge in [-0.2, -0.15) is 0 Å². The summed E-state index contributed by atoms with van der Waals surface area (Å²) in [5.74, 6) is 0.0656. The Morgan fingerprint density at radius 1 is 1.14 bits per heavy atom. The number of carbonyl (C=O) groups is 1. The number of nitrogens with zero attached hydrogens (tertiary/aromatic N) is 3. The van der Waals surface area contributed by atoms with Crippen LogP contribution in [0.15, 0.2) is 42.7 Å². The van der Waals surface area contributed by atoms with Gasteiger partial charge in [-0.1, -0.05) is 6.07 Å². The normalized spacial score (nSPS) is 18.8. The smallest absolute Gasteiger partial charge is 0.228 e. The van der Waals surface area contributed by atoms with Crippen molar-refractivity contribution in [1.82, 2.24) is 9.97 Å². The highest BCUT2D eigenvalue weighted by molar-refractivity contribution is 6.13. The van der Waals surface area contributed by atoms with Crippen LogP contribution in [0.25, 0.3) is 21.8 Å². The van der Waals surface area contributed by atoms with E-state index in [-0.39, 0.29) is 11.9 Å². The highest BCUT2D eigenvalue weighted by Crippen LogP contribution is 2.33. The molecule has 1 amide bonds. The van der Waals surface area contributed by atoms with Gasteiger partial charge in [-0.3, -0.25) is 14.8 Å². The first-order valence-corrected chi connectivity index (χ1v) is 6.92. The van der Waals surface area contributed by atoms with Gasteiger partial charge in [-0.05, 0) is 24.3 Å². The molecule has 4 rings (SSSR count). The molecular weight excluding hydrogens is 264 g/mol. The monoisotopic (exact) mass is 278 g/mol. The van der Waals surface area contributed by atoms with Crippen molar-refractivity contribution < 1.29 is 4.79 Å². The molecular formula is C16H14N4O. The largest absolute Gasteiger partial charge is 0.326 e. The number of aromatic nitrogens is 2. The van der Waals surface area contributed by atoms with Gasteiger partial charge in [0.2, 0.25) is 5.91 Å². The fraction of sp³-hybridized carbons (Fsp3) is 0.188. The molecule has 0 spiro atoms. The number of carbonyl (C=O) groups excluding carboxylic acids is 1. The van der Waals surface area contributed by atoms with Gasteiger partial charge in [0.1, 0.15) is 0 Å². The SMILES string of the molecule is NC1CC(=O)N(c2cc3cccnc3c3ncccc23)C1. The van der Waals surface area contributed by atoms with Crippen LogP contribution in [-0.2, 0) is 4.79 Å². The number of hydrogen-bond acceptors (Lipinski definition) is 4. The minimum atomic E-state index is -0.103. The first-order chi connectivity index (χ1) is 10.2. The average Bonchev–Trinajstić information content (AvgIpc) is 2.85. The summed E-state index contributed by atoms with van der Waals surface area (Å²) >= 11 is 0. The lowest BCUT2D eigenvalue weighted by Crippen LogP contribution is -2.28. The predicted octanol–water partition coefficient (Wildman–Crippen LogP) is 1.85. The summed E-state index contributed by atoms with van der Waals surface area (Å²) < 4.78 is 0. The third kappa shape index (κ3) is 1.86. The van der Waals surface area contributed by atoms with Crippen molar-refractivity contribution in [3.05, 3.63) is 42.7 Å². The molecule has 5 nitrogen and oxygen atoms in total. The summed E-state index contributed by atoms with van der Waals surface area (Å²) in [6, 6.07) is 9.62. The number of fused-ring (bicyclic) bond motifs is 3. The molecule has 2 N–H and O–H groups in total. The molecule has 1 aliphatic heterocycles. The highest BCUT2D eigenvalue weighted by atomic mass is 16.2. The molecule has 21 heavy (non-hydrogen) atoms. The molecule has 0 radical (unpaired) electrons. The Labute approximate surface area is 121 Å². The van der Waals surface area contributed by atoms with Crippen LogP contribution >= 0.6 is 0 Å². The number of hydrogen-bond donors (Lipinski definition) is 1. The number of anilines is 1. The van der Waals surface area contributed by atoms with Crippen molar-refractivity contribution in [2.45, 2.75) is 12.5 Å². The van der Waals surface area contributed by atoms with Crippen LogP contribution in [-0.4, -0.2) is 28.5 Å². The molecule has 0 aliphatic carbocycles. The van der Waals surface area contributed by atoms with E-state index in [0.29, 0.717) is 13.0 Å². The molecule has 1 atom stereocenters. The van der Waals surface area contributed by atoms with E-state index in [1.165, 1.54) is 0 Å². The zero-order valence-corrected chi connectivity index (χ0v) is 11.4. The molecule has 1 fully saturated rings. The van der Waals surface area contributed by atoms with Crippen LogP contribution in [0.3, 0.4) is 0 Å². The fourth-order valence-electron chi connectivity index (χ4n) is 2.95. The summed E-state index contributed by atoms with van der Waals surface area (Å²) in [7, 11) is 0. The second kappa shape index (κ2) is 4.49. The molecule has 1 aromatic carbocycles. The molecule has 3 heterocycles. The first-order valence-electron chi connectivity index (χ1n) is 6.92. The van der Waals surface area contributed by atoms with E-state index in [2.05, 4.69) is 9.97 Å². The molecule has 3 aromatic rings. The van der Waals surface area contributed by atoms with Crippen LogP contribution in [0.1, 0.15) is 6.42 Å². The molecule has 1 saturated heterocycles. The second-order valence-corrected chi connectivity index (χ2v) is 5.34. The van der Waals surface area contributed by atoms with Gasteiger partial charge in [0.05, 0.1) is 16.7 Å². The Balaban J connectivity index is 2.05. The Morgan fingerprint density at radius 3 is 2.67 bits per heavy atom. The molecule has 1 aliphatic rings. The number of nitrogens with two attached hydrogens (primary N) is 1. The van der Waals surface area contributed by atoms with Gasteiger partial charge in [-0.25, -0.2) is 0 Å². The second-order valence-electron chi connectivity index (χ2n) is 5.34. The number of benzene rings is 1. The van der Waals surface area contributed by atoms with Crippen molar-refractivity contribution in [3.8, 4) is 0 Å². The maximum atomic E-state index is 12.2. The first kappa shape index (κ1) is 12.2. The van der Waals surface area contributed by atoms with Gasteiger partial charge in [0, 0.05) is 42.2 Å². The number of pyridine rings is 2. The number of amides is 1. The van der Waals surface area contributed by atoms with E-state index < -0.39 is 0 Å². The third-order valence-electron chi connectivity index (χ3n) is 3.88. The maximum absolute atomic E-state index is 12.2. The fourth-order valence-corrected chi connectivity index (χ4v) is 2.95. The predicted molar refractivity (Wildman–Crippen MR) is 82.0 cm³/mol. The summed E-state index contributed by atoms with van der Waals surface area (Å²) in [6.07, 6.45) is 3.90. The van der Waals surface area contributed by atoms with Crippen molar-refractivity contribution in [1.29, 1.82) is 0 Å². The van der Waals surface area contributed by atoms with Crippen LogP contribution in [0, 0.1) is 0 Å². The zero-order valence-electron chi connectivity index (χ0n) is 11.4. The van der Waals surface area contributed by atoms with E-state index >= 15 is 0 Å². The standard InChI is InChI=1S/C16H14N4O/c17-11-8-14(21)20(9-11)13-7-10-3-1-5-18-15(10)16-12(13)4-2-6-19-16/h1-7,11H,8-9,17H2. The van der Waals surface area contributed by atoms with Gasteiger partial charge >= 0.3 is 0 Å². The molecule has 104 valence electrons. The Morgan fingerprint density at radius 2 is 1.90 bits per heavy atom. The van der Waals surface area contributed by atoms with E-state index in [1.807, 2.05) is 30.3 Å². The van der Waals surface area contributed by atoms with E-state index in [0.717, 1.165) is 27.5 Å². The third-order valence-corrected chi connectivity index (χ3v) is 3.88. The van der Waals surface area contributed by atoms with E-state index in [4.69, 9.17) is 5.73 Å². The van der Waals surface area contributed by atoms with Gasteiger partial charge in [-0.15, -0.1) is 0 Å². The van der Waals surface area contributed by atoms with E-state index in [9.17, 15) is 4.79 Å². The van der Waals surface area contributed by atoms with E-state index in [1.54, 1.807) is 17.3 Å². The van der Waals surface area contributed by atoms with Crippen molar-refractivity contribution in [2.75, 3.05) is 11.4 Å². The highest BCUT2D eigenvalue weighted by Gasteiger charge is 2.29. The Hall–Kier alpha value is -2.53. The summed E-state index contributed by atoms with van der Waals surface area (Å²) in [4.78, 5) is 22.8. The minimum Gasteiger partial charge on any atom is -0.326 e. The van der Waals surface area contributed by atoms with Gasteiger partial charge in [0.25, 0.3) is 0 Å². The summed E-state index contributed by atoms with van der Waals surface area (Å²) in [5.41, 5.74) is 8.46. The van der Waals surface area contributed by atoms with Crippen LogP contribution in [0.4, 0.5) is 5.69 Å². The molecule has 0 bridgehead atoms. The van der Waals surface area contributed by atoms with Gasteiger partial charge in [0.15, 0.2) is 0 Å². The molecule has 1 unspecified atom stereocenters. The quantitative estimate of drug-likeness (QED) is 0.689. The van der Waals surface area contributed by atoms with Crippen LogP contribution in [0.2, 0.25) is 0 Å². The number of rotatable bonds is 1. The Kier molecular flexibility index (Phi) is 2.62. The van der Waals surface area contributed by atoms with Crippen LogP contribution in [0.5, 0.6) is 0 Å². The lowest BCUT2D eigenvalue weighted by atomic mass is 10.1. The van der Waals surface area contributed by atoms with Crippen molar-refractivity contribution in [3.63, 3.8) is 0 Å². The Bertz CT molecular complexity index is 861. The summed E-state index contributed by atoms with van der Waals surface area (Å²) in [6.45, 7) is 0.550. The zero-order chi connectivity index (χ0) is 14.4. The lowest BCUT2D eigenvalue weighted by molar-refractivity contribution is -0.117. The topological polar surface area (TPSA) is 72.1 Å². The van der Waals surface area contributed by atoms with Crippen molar-refractivity contribution >= 4 is 33.4 Å². The molecule has 5 heteroatoms. The maximum Gasteiger partial charge on any atom is 0.228 e. The lowest BCUT2D eigenvalue weighted by Gasteiger charge is -2.19. The van der Waals surface area contributed by atoms with Crippen molar-refractivity contribution in [2.24, 2.45) is 5.73 Å². The average molecular weight is 278 g/mol. The van der Waals surface area contributed by atoms with Gasteiger partial charge < -0.3 is 10.6 Å². The molecule has 0 saturated carbocycles. The molecule has 2 aromatic heterocycles. The summed E-state index contributed by atoms with van der Waals surface area (Å²) in [5, 5.41) is 1.91.